The van der Waals surface area contributed by atoms with Gasteiger partial charge in [0.1, 0.15) is 5.82 Å². The van der Waals surface area contributed by atoms with Gasteiger partial charge in [0.2, 0.25) is 0 Å². The van der Waals surface area contributed by atoms with E-state index in [1.165, 1.54) is 31.5 Å². The fourth-order valence-corrected chi connectivity index (χ4v) is 2.92. The van der Waals surface area contributed by atoms with Crippen molar-refractivity contribution in [3.8, 4) is 0 Å². The van der Waals surface area contributed by atoms with Crippen LogP contribution in [0.25, 0.3) is 0 Å². The van der Waals surface area contributed by atoms with E-state index in [4.69, 9.17) is 0 Å². The van der Waals surface area contributed by atoms with Gasteiger partial charge in [-0.2, -0.15) is 0 Å². The van der Waals surface area contributed by atoms with Crippen molar-refractivity contribution in [1.82, 2.24) is 10.2 Å². The van der Waals surface area contributed by atoms with Crippen molar-refractivity contribution >= 4 is 15.9 Å². The second-order valence-corrected chi connectivity index (χ2v) is 5.70. The van der Waals surface area contributed by atoms with E-state index in [0.29, 0.717) is 6.04 Å². The summed E-state index contributed by atoms with van der Waals surface area (Å²) in [5.74, 6) is -0.194. The fourth-order valence-electron chi connectivity index (χ4n) is 2.43. The number of nitrogens with one attached hydrogen (secondary N) is 1. The summed E-state index contributed by atoms with van der Waals surface area (Å²) < 4.78 is 13.8. The van der Waals surface area contributed by atoms with Crippen LogP contribution < -0.4 is 5.32 Å². The van der Waals surface area contributed by atoms with Crippen molar-refractivity contribution in [2.75, 3.05) is 19.6 Å². The van der Waals surface area contributed by atoms with Crippen molar-refractivity contribution in [2.24, 2.45) is 0 Å². The molecule has 18 heavy (non-hydrogen) atoms. The maximum Gasteiger partial charge on any atom is 0.124 e. The first-order valence-corrected chi connectivity index (χ1v) is 7.38. The molecule has 1 heterocycles. The van der Waals surface area contributed by atoms with Crippen LogP contribution in [0.2, 0.25) is 0 Å². The van der Waals surface area contributed by atoms with Crippen LogP contribution >= 0.6 is 15.9 Å². The molecule has 1 fully saturated rings. The van der Waals surface area contributed by atoms with E-state index in [9.17, 15) is 4.39 Å². The summed E-state index contributed by atoms with van der Waals surface area (Å²) in [7, 11) is 0. The molecule has 1 N–H and O–H groups in total. The molecule has 0 amide bonds. The summed E-state index contributed by atoms with van der Waals surface area (Å²) in [6.07, 6.45) is 2.49. The quantitative estimate of drug-likeness (QED) is 0.918. The molecule has 4 heteroatoms. The zero-order chi connectivity index (χ0) is 13.0. The number of rotatable bonds is 4. The first kappa shape index (κ1) is 14.0. The average Bonchev–Trinajstić information content (AvgIpc) is 2.38. The highest BCUT2D eigenvalue weighted by Gasteiger charge is 2.18. The van der Waals surface area contributed by atoms with Crippen LogP contribution in [0, 0.1) is 5.82 Å². The van der Waals surface area contributed by atoms with Crippen molar-refractivity contribution in [3.05, 3.63) is 34.1 Å². The van der Waals surface area contributed by atoms with Crippen molar-refractivity contribution in [3.63, 3.8) is 0 Å². The minimum atomic E-state index is -0.194. The third-order valence-electron chi connectivity index (χ3n) is 3.55. The van der Waals surface area contributed by atoms with Crippen LogP contribution in [0.15, 0.2) is 22.7 Å². The van der Waals surface area contributed by atoms with Crippen molar-refractivity contribution in [1.29, 1.82) is 0 Å². The maximum absolute atomic E-state index is 13.0. The lowest BCUT2D eigenvalue weighted by Crippen LogP contribution is -2.45. The van der Waals surface area contributed by atoms with Gasteiger partial charge in [0.15, 0.2) is 0 Å². The molecule has 1 atom stereocenters. The molecule has 0 saturated carbocycles. The predicted molar refractivity (Wildman–Crippen MR) is 76.1 cm³/mol. The minimum absolute atomic E-state index is 0.194. The standard InChI is InChI=1S/C14H20BrFN2/c1-2-18-7-3-4-13(10-18)17-9-11-5-6-12(16)8-14(11)15/h5-6,8,13,17H,2-4,7,9-10H2,1H3. The summed E-state index contributed by atoms with van der Waals surface area (Å²) in [6.45, 7) is 6.46. The van der Waals surface area contributed by atoms with Gasteiger partial charge < -0.3 is 10.2 Å². The van der Waals surface area contributed by atoms with E-state index < -0.39 is 0 Å². The molecule has 1 unspecified atom stereocenters. The number of nitrogens with zero attached hydrogens (tertiary/aromatic N) is 1. The lowest BCUT2D eigenvalue weighted by atomic mass is 10.1. The zero-order valence-electron chi connectivity index (χ0n) is 10.8. The lowest BCUT2D eigenvalue weighted by molar-refractivity contribution is 0.198. The van der Waals surface area contributed by atoms with Crippen LogP contribution in [0.3, 0.4) is 0 Å². The molecule has 2 nitrogen and oxygen atoms in total. The summed E-state index contributed by atoms with van der Waals surface area (Å²) in [4.78, 5) is 2.47. The van der Waals surface area contributed by atoms with Gasteiger partial charge in [0, 0.05) is 23.6 Å². The minimum Gasteiger partial charge on any atom is -0.309 e. The second kappa shape index (κ2) is 6.64. The Morgan fingerprint density at radius 1 is 1.50 bits per heavy atom. The molecular weight excluding hydrogens is 295 g/mol. The van der Waals surface area contributed by atoms with E-state index in [-0.39, 0.29) is 5.82 Å². The molecule has 1 aliphatic rings. The number of piperidine rings is 1. The van der Waals surface area contributed by atoms with E-state index in [1.54, 1.807) is 0 Å². The Labute approximate surface area is 117 Å². The fraction of sp³-hybridized carbons (Fsp3) is 0.571. The van der Waals surface area contributed by atoms with Crippen LogP contribution in [0.4, 0.5) is 4.39 Å². The number of halogens is 2. The largest absolute Gasteiger partial charge is 0.309 e. The molecule has 0 bridgehead atoms. The van der Waals surface area contributed by atoms with Gasteiger partial charge in [-0.15, -0.1) is 0 Å². The highest BCUT2D eigenvalue weighted by Crippen LogP contribution is 2.18. The Morgan fingerprint density at radius 2 is 2.33 bits per heavy atom. The van der Waals surface area contributed by atoms with Gasteiger partial charge in [-0.1, -0.05) is 28.9 Å². The second-order valence-electron chi connectivity index (χ2n) is 4.85. The molecule has 2 rings (SSSR count). The Morgan fingerprint density at radius 3 is 3.06 bits per heavy atom. The SMILES string of the molecule is CCN1CCCC(NCc2ccc(F)cc2Br)C1. The first-order chi connectivity index (χ1) is 8.69. The Balaban J connectivity index is 1.87. The molecule has 0 aliphatic carbocycles. The molecule has 0 radical (unpaired) electrons. The average molecular weight is 315 g/mol. The number of likely N-dealkylation sites (N-methyl/N-ethyl adjacent to an activating group) is 1. The summed E-state index contributed by atoms with van der Waals surface area (Å²) >= 11 is 3.41. The Bertz CT molecular complexity index is 397. The maximum atomic E-state index is 13.0. The Hall–Kier alpha value is -0.450. The molecule has 1 aromatic carbocycles. The molecule has 1 aliphatic heterocycles. The molecule has 0 aromatic heterocycles. The molecule has 100 valence electrons. The number of benzene rings is 1. The molecular formula is C14H20BrFN2. The molecule has 1 saturated heterocycles. The number of likely N-dealkylation sites (tertiary alicyclic amines) is 1. The highest BCUT2D eigenvalue weighted by atomic mass is 79.9. The van der Waals surface area contributed by atoms with E-state index >= 15 is 0 Å². The predicted octanol–water partition coefficient (Wildman–Crippen LogP) is 3.16. The van der Waals surface area contributed by atoms with Crippen LogP contribution in [-0.2, 0) is 6.54 Å². The van der Waals surface area contributed by atoms with Crippen LogP contribution in [-0.4, -0.2) is 30.6 Å². The van der Waals surface area contributed by atoms with Gasteiger partial charge in [0.25, 0.3) is 0 Å². The molecule has 0 spiro atoms. The van der Waals surface area contributed by atoms with E-state index in [0.717, 1.165) is 29.7 Å². The van der Waals surface area contributed by atoms with Crippen LogP contribution in [0.5, 0.6) is 0 Å². The normalized spacial score (nSPS) is 21.2. The third kappa shape index (κ3) is 3.77. The van der Waals surface area contributed by atoms with E-state index in [2.05, 4.69) is 33.1 Å². The number of hydrogen-bond acceptors (Lipinski definition) is 2. The van der Waals surface area contributed by atoms with Gasteiger partial charge in [-0.25, -0.2) is 4.39 Å². The van der Waals surface area contributed by atoms with Crippen LogP contribution in [0.1, 0.15) is 25.3 Å². The van der Waals surface area contributed by atoms with E-state index in [1.807, 2.05) is 6.07 Å². The first-order valence-electron chi connectivity index (χ1n) is 6.58. The van der Waals surface area contributed by atoms with Gasteiger partial charge >= 0.3 is 0 Å². The monoisotopic (exact) mass is 314 g/mol. The summed E-state index contributed by atoms with van der Waals surface area (Å²) in [5, 5.41) is 3.57. The lowest BCUT2D eigenvalue weighted by Gasteiger charge is -2.32. The van der Waals surface area contributed by atoms with Gasteiger partial charge in [-0.3, -0.25) is 0 Å². The third-order valence-corrected chi connectivity index (χ3v) is 4.29. The zero-order valence-corrected chi connectivity index (χ0v) is 12.3. The highest BCUT2D eigenvalue weighted by molar-refractivity contribution is 9.10. The summed E-state index contributed by atoms with van der Waals surface area (Å²) in [5.41, 5.74) is 1.12. The Kier molecular flexibility index (Phi) is 5.15. The topological polar surface area (TPSA) is 15.3 Å². The van der Waals surface area contributed by atoms with Crippen molar-refractivity contribution in [2.45, 2.75) is 32.4 Å². The number of hydrogen-bond donors (Lipinski definition) is 1. The van der Waals surface area contributed by atoms with Crippen molar-refractivity contribution < 1.29 is 4.39 Å². The van der Waals surface area contributed by atoms with Gasteiger partial charge in [-0.05, 0) is 43.6 Å². The smallest absolute Gasteiger partial charge is 0.124 e. The summed E-state index contributed by atoms with van der Waals surface area (Å²) in [6, 6.07) is 5.43. The van der Waals surface area contributed by atoms with Gasteiger partial charge in [0.05, 0.1) is 0 Å². The molecule has 1 aromatic rings.